The van der Waals surface area contributed by atoms with E-state index in [0.29, 0.717) is 0 Å². The fraction of sp³-hybridized carbons (Fsp3) is 0.292. The van der Waals surface area contributed by atoms with Crippen molar-refractivity contribution >= 4 is 11.8 Å². The van der Waals surface area contributed by atoms with Crippen LogP contribution in [-0.4, -0.2) is 31.8 Å². The van der Waals surface area contributed by atoms with Crippen LogP contribution in [0.1, 0.15) is 34.2 Å². The number of benzene rings is 2. The van der Waals surface area contributed by atoms with Crippen LogP contribution in [0.5, 0.6) is 0 Å². The Morgan fingerprint density at radius 1 is 1.00 bits per heavy atom. The predicted molar refractivity (Wildman–Crippen MR) is 113 cm³/mol. The second-order valence-electron chi connectivity index (χ2n) is 7.44. The lowest BCUT2D eigenvalue weighted by Gasteiger charge is -2.20. The van der Waals surface area contributed by atoms with Crippen molar-refractivity contribution in [2.75, 3.05) is 20.6 Å². The van der Waals surface area contributed by atoms with Crippen LogP contribution in [-0.2, 0) is 0 Å². The van der Waals surface area contributed by atoms with E-state index in [1.54, 1.807) is 0 Å². The van der Waals surface area contributed by atoms with Gasteiger partial charge in [0.1, 0.15) is 0 Å². The molecule has 0 saturated heterocycles. The van der Waals surface area contributed by atoms with Crippen LogP contribution >= 0.6 is 0 Å². The first-order valence-corrected chi connectivity index (χ1v) is 9.18. The molecule has 0 atom stereocenters. The van der Waals surface area contributed by atoms with Crippen molar-refractivity contribution in [3.8, 4) is 11.1 Å². The Kier molecular flexibility index (Phi) is 5.24. The van der Waals surface area contributed by atoms with E-state index < -0.39 is 0 Å². The van der Waals surface area contributed by atoms with Gasteiger partial charge in [-0.25, -0.2) is 0 Å². The van der Waals surface area contributed by atoms with Crippen molar-refractivity contribution in [1.82, 2.24) is 4.90 Å². The van der Waals surface area contributed by atoms with Gasteiger partial charge in [-0.1, -0.05) is 42.5 Å². The molecule has 1 aliphatic rings. The largest absolute Gasteiger partial charge is 0.308 e. The molecule has 2 aromatic rings. The van der Waals surface area contributed by atoms with Crippen LogP contribution in [0.2, 0.25) is 0 Å². The summed E-state index contributed by atoms with van der Waals surface area (Å²) < 4.78 is 0. The average molecular weight is 345 g/mol. The molecule has 3 rings (SSSR count). The first kappa shape index (κ1) is 18.3. The lowest BCUT2D eigenvalue weighted by atomic mass is 9.85. The number of hydrogen-bond acceptors (Lipinski definition) is 2. The molecule has 0 saturated carbocycles. The molecule has 0 radical (unpaired) electrons. The lowest BCUT2D eigenvalue weighted by molar-refractivity contribution is 0.450. The Bertz CT molecular complexity index is 914. The average Bonchev–Trinajstić information content (AvgIpc) is 3.06. The lowest BCUT2D eigenvalue weighted by Crippen LogP contribution is -2.15. The van der Waals surface area contributed by atoms with Gasteiger partial charge in [-0.15, -0.1) is 0 Å². The van der Waals surface area contributed by atoms with Crippen LogP contribution in [0.3, 0.4) is 0 Å². The quantitative estimate of drug-likeness (QED) is 0.707. The van der Waals surface area contributed by atoms with Crippen molar-refractivity contribution in [3.05, 3.63) is 75.9 Å². The van der Waals surface area contributed by atoms with E-state index in [1.165, 1.54) is 50.7 Å². The summed E-state index contributed by atoms with van der Waals surface area (Å²) in [5, 5.41) is 7.97. The third kappa shape index (κ3) is 3.30. The smallest absolute Gasteiger partial charge is 0.0256 e. The minimum absolute atomic E-state index is 0.920. The Morgan fingerprint density at radius 3 is 2.46 bits per heavy atom. The van der Waals surface area contributed by atoms with Gasteiger partial charge < -0.3 is 10.3 Å². The van der Waals surface area contributed by atoms with E-state index in [2.05, 4.69) is 82.3 Å². The molecule has 1 N–H and O–H groups in total. The van der Waals surface area contributed by atoms with Crippen LogP contribution in [0.15, 0.2) is 48.1 Å². The van der Waals surface area contributed by atoms with Crippen molar-refractivity contribution < 1.29 is 0 Å². The molecular weight excluding hydrogens is 316 g/mol. The number of likely N-dealkylation sites (N-methyl/N-ethyl adjacent to an activating group) is 1. The van der Waals surface area contributed by atoms with E-state index in [-0.39, 0.29) is 0 Å². The highest BCUT2D eigenvalue weighted by molar-refractivity contribution is 5.96. The topological polar surface area (TPSA) is 27.1 Å². The molecule has 2 nitrogen and oxygen atoms in total. The fourth-order valence-corrected chi connectivity index (χ4v) is 3.80. The van der Waals surface area contributed by atoms with E-state index in [0.717, 1.165) is 18.5 Å². The van der Waals surface area contributed by atoms with Crippen LogP contribution in [0.25, 0.3) is 16.7 Å². The zero-order chi connectivity index (χ0) is 18.8. The third-order valence-electron chi connectivity index (χ3n) is 5.42. The van der Waals surface area contributed by atoms with Gasteiger partial charge in [-0.05, 0) is 85.8 Å². The summed E-state index contributed by atoms with van der Waals surface area (Å²) in [6, 6.07) is 10.8. The second-order valence-corrected chi connectivity index (χ2v) is 7.44. The SMILES string of the molecule is Cc1ccc(-c2cccc(C=N)c2C2=C(CN(C)C)C=CC2)c(C)c1C. The van der Waals surface area contributed by atoms with Gasteiger partial charge in [0.2, 0.25) is 0 Å². The highest BCUT2D eigenvalue weighted by Crippen LogP contribution is 2.39. The highest BCUT2D eigenvalue weighted by atomic mass is 15.0. The van der Waals surface area contributed by atoms with Gasteiger partial charge in [0.25, 0.3) is 0 Å². The van der Waals surface area contributed by atoms with Gasteiger partial charge in [-0.2, -0.15) is 0 Å². The van der Waals surface area contributed by atoms with Crippen LogP contribution in [0, 0.1) is 26.2 Å². The molecule has 0 bridgehead atoms. The molecule has 2 aromatic carbocycles. The highest BCUT2D eigenvalue weighted by Gasteiger charge is 2.20. The Morgan fingerprint density at radius 2 is 1.77 bits per heavy atom. The van der Waals surface area contributed by atoms with Gasteiger partial charge in [0.15, 0.2) is 0 Å². The summed E-state index contributed by atoms with van der Waals surface area (Å²) in [6.07, 6.45) is 6.91. The van der Waals surface area contributed by atoms with Crippen molar-refractivity contribution in [1.29, 1.82) is 5.41 Å². The van der Waals surface area contributed by atoms with Crippen LogP contribution in [0.4, 0.5) is 0 Å². The normalized spacial score (nSPS) is 13.8. The molecule has 0 spiro atoms. The van der Waals surface area contributed by atoms with E-state index in [4.69, 9.17) is 5.41 Å². The first-order valence-electron chi connectivity index (χ1n) is 9.18. The Labute approximate surface area is 157 Å². The molecule has 0 fully saturated rings. The summed E-state index contributed by atoms with van der Waals surface area (Å²) in [4.78, 5) is 2.21. The summed E-state index contributed by atoms with van der Waals surface area (Å²) in [6.45, 7) is 7.49. The van der Waals surface area contributed by atoms with E-state index >= 15 is 0 Å². The van der Waals surface area contributed by atoms with Gasteiger partial charge in [0.05, 0.1) is 0 Å². The number of hydrogen-bond donors (Lipinski definition) is 1. The molecule has 0 heterocycles. The second kappa shape index (κ2) is 7.43. The Hall–Kier alpha value is -2.45. The maximum atomic E-state index is 7.97. The van der Waals surface area contributed by atoms with Crippen LogP contribution < -0.4 is 0 Å². The molecule has 0 aromatic heterocycles. The molecular formula is C24H28N2. The minimum Gasteiger partial charge on any atom is -0.308 e. The fourth-order valence-electron chi connectivity index (χ4n) is 3.80. The maximum absolute atomic E-state index is 7.97. The predicted octanol–water partition coefficient (Wildman–Crippen LogP) is 5.55. The molecule has 0 amide bonds. The molecule has 134 valence electrons. The van der Waals surface area contributed by atoms with E-state index in [9.17, 15) is 0 Å². The van der Waals surface area contributed by atoms with E-state index in [1.807, 2.05) is 0 Å². The standard InChI is InChI=1S/C24H28N2/c1-16-12-13-21(18(3)17(16)2)23-11-6-8-19(14-25)24(23)22-10-7-9-20(22)15-26(4)5/h6-9,11-14,25H,10,15H2,1-5H3. The van der Waals surface area contributed by atoms with Crippen molar-refractivity contribution in [2.45, 2.75) is 27.2 Å². The van der Waals surface area contributed by atoms with Crippen molar-refractivity contribution in [2.24, 2.45) is 0 Å². The zero-order valence-electron chi connectivity index (χ0n) is 16.5. The molecule has 0 aliphatic heterocycles. The number of aryl methyl sites for hydroxylation is 1. The Balaban J connectivity index is 2.27. The van der Waals surface area contributed by atoms with Gasteiger partial charge in [0, 0.05) is 18.3 Å². The number of nitrogens with zero attached hydrogens (tertiary/aromatic N) is 1. The molecule has 2 heteroatoms. The first-order chi connectivity index (χ1) is 12.4. The number of nitrogens with one attached hydrogen (secondary N) is 1. The summed E-state index contributed by atoms with van der Waals surface area (Å²) >= 11 is 0. The number of allylic oxidation sites excluding steroid dienone is 2. The van der Waals surface area contributed by atoms with Gasteiger partial charge >= 0.3 is 0 Å². The third-order valence-corrected chi connectivity index (χ3v) is 5.42. The summed E-state index contributed by atoms with van der Waals surface area (Å²) in [5.41, 5.74) is 11.4. The molecule has 0 unspecified atom stereocenters. The van der Waals surface area contributed by atoms with Crippen molar-refractivity contribution in [3.63, 3.8) is 0 Å². The van der Waals surface area contributed by atoms with Gasteiger partial charge in [-0.3, -0.25) is 0 Å². The maximum Gasteiger partial charge on any atom is 0.0256 e. The number of rotatable bonds is 5. The molecule has 1 aliphatic carbocycles. The summed E-state index contributed by atoms with van der Waals surface area (Å²) in [5.74, 6) is 0. The monoisotopic (exact) mass is 344 g/mol. The summed E-state index contributed by atoms with van der Waals surface area (Å²) in [7, 11) is 4.21. The molecule has 26 heavy (non-hydrogen) atoms. The minimum atomic E-state index is 0.920. The zero-order valence-corrected chi connectivity index (χ0v) is 16.5.